The Morgan fingerprint density at radius 1 is 1.31 bits per heavy atom. The quantitative estimate of drug-likeness (QED) is 0.381. The molecule has 1 rings (SSSR count). The molecular weight excluding hydrogens is 180 g/mol. The minimum Gasteiger partial charge on any atom is -0.193 e. The second-order valence-electron chi connectivity index (χ2n) is 2.08. The standard InChI is InChI=1S/C10H4N2S/c11-7-3-5-9-4-1-2-6-10(9)12-8-13/h1-2,4,6H. The van der Waals surface area contributed by atoms with Crippen LogP contribution in [0.15, 0.2) is 29.3 Å². The molecule has 0 aromatic heterocycles. The number of benzene rings is 1. The lowest BCUT2D eigenvalue weighted by Gasteiger charge is -1.93. The summed E-state index contributed by atoms with van der Waals surface area (Å²) >= 11 is 4.48. The SMILES string of the molecule is N#CC#Cc1ccccc1N=C=S. The van der Waals surface area contributed by atoms with E-state index in [1.54, 1.807) is 18.2 Å². The van der Waals surface area contributed by atoms with Crippen LogP contribution in [0.2, 0.25) is 0 Å². The maximum absolute atomic E-state index is 8.26. The molecule has 2 nitrogen and oxygen atoms in total. The third-order valence-electron chi connectivity index (χ3n) is 1.32. The van der Waals surface area contributed by atoms with E-state index < -0.39 is 0 Å². The number of hydrogen-bond acceptors (Lipinski definition) is 3. The van der Waals surface area contributed by atoms with Crippen LogP contribution in [0, 0.1) is 23.2 Å². The fourth-order valence-corrected chi connectivity index (χ4v) is 0.920. The zero-order valence-corrected chi connectivity index (χ0v) is 7.43. The Bertz CT molecular complexity index is 454. The van der Waals surface area contributed by atoms with Gasteiger partial charge in [0.2, 0.25) is 0 Å². The van der Waals surface area contributed by atoms with Crippen LogP contribution in [-0.4, -0.2) is 5.16 Å². The van der Waals surface area contributed by atoms with Crippen molar-refractivity contribution in [2.45, 2.75) is 0 Å². The highest BCUT2D eigenvalue weighted by Gasteiger charge is 1.94. The largest absolute Gasteiger partial charge is 0.193 e. The lowest BCUT2D eigenvalue weighted by molar-refractivity contribution is 1.51. The molecule has 1 aromatic carbocycles. The number of isothiocyanates is 1. The Morgan fingerprint density at radius 2 is 2.08 bits per heavy atom. The minimum atomic E-state index is 0.639. The number of thiocarbonyl (C=S) groups is 1. The molecule has 1 aromatic rings. The molecule has 0 N–H and O–H groups in total. The second kappa shape index (κ2) is 4.85. The van der Waals surface area contributed by atoms with Crippen LogP contribution in [0.1, 0.15) is 5.56 Å². The molecule has 0 atom stereocenters. The predicted molar refractivity (Wildman–Crippen MR) is 53.6 cm³/mol. The summed E-state index contributed by atoms with van der Waals surface area (Å²) in [6.45, 7) is 0. The molecule has 0 aliphatic heterocycles. The first-order valence-electron chi connectivity index (χ1n) is 3.45. The molecule has 0 heterocycles. The van der Waals surface area contributed by atoms with Gasteiger partial charge in [0, 0.05) is 5.92 Å². The summed E-state index contributed by atoms with van der Waals surface area (Å²) in [5.41, 5.74) is 1.32. The molecule has 0 aliphatic rings. The molecule has 13 heavy (non-hydrogen) atoms. The maximum Gasteiger partial charge on any atom is 0.152 e. The molecule has 0 saturated carbocycles. The van der Waals surface area contributed by atoms with Crippen molar-refractivity contribution in [1.82, 2.24) is 0 Å². The fraction of sp³-hybridized carbons (Fsp3) is 0. The van der Waals surface area contributed by atoms with Gasteiger partial charge in [-0.15, -0.1) is 0 Å². The minimum absolute atomic E-state index is 0.639. The maximum atomic E-state index is 8.26. The van der Waals surface area contributed by atoms with E-state index in [1.165, 1.54) is 0 Å². The molecule has 0 bridgehead atoms. The van der Waals surface area contributed by atoms with Crippen LogP contribution in [0.4, 0.5) is 5.69 Å². The van der Waals surface area contributed by atoms with E-state index in [-0.39, 0.29) is 0 Å². The summed E-state index contributed by atoms with van der Waals surface area (Å²) in [6, 6.07) is 8.92. The predicted octanol–water partition coefficient (Wildman–Crippen LogP) is 2.30. The van der Waals surface area contributed by atoms with Gasteiger partial charge in [-0.1, -0.05) is 12.1 Å². The Hall–Kier alpha value is -1.93. The summed E-state index contributed by atoms with van der Waals surface area (Å²) in [4.78, 5) is 3.81. The van der Waals surface area contributed by atoms with Crippen molar-refractivity contribution in [2.24, 2.45) is 4.99 Å². The van der Waals surface area contributed by atoms with Gasteiger partial charge < -0.3 is 0 Å². The van der Waals surface area contributed by atoms with E-state index in [1.807, 2.05) is 12.1 Å². The van der Waals surface area contributed by atoms with Gasteiger partial charge in [-0.2, -0.15) is 10.3 Å². The highest BCUT2D eigenvalue weighted by Crippen LogP contribution is 2.16. The average molecular weight is 184 g/mol. The van der Waals surface area contributed by atoms with E-state index in [9.17, 15) is 0 Å². The van der Waals surface area contributed by atoms with Gasteiger partial charge in [0.15, 0.2) is 6.07 Å². The van der Waals surface area contributed by atoms with Gasteiger partial charge in [-0.25, -0.2) is 0 Å². The number of nitriles is 1. The Balaban J connectivity index is 3.21. The molecule has 0 fully saturated rings. The van der Waals surface area contributed by atoms with Crippen molar-refractivity contribution in [3.05, 3.63) is 29.8 Å². The number of hydrogen-bond donors (Lipinski definition) is 0. The van der Waals surface area contributed by atoms with Crippen molar-refractivity contribution in [2.75, 3.05) is 0 Å². The highest BCUT2D eigenvalue weighted by molar-refractivity contribution is 7.78. The topological polar surface area (TPSA) is 36.1 Å². The van der Waals surface area contributed by atoms with Gasteiger partial charge in [0.1, 0.15) is 0 Å². The van der Waals surface area contributed by atoms with Gasteiger partial charge in [-0.05, 0) is 30.3 Å². The van der Waals surface area contributed by atoms with E-state index in [0.29, 0.717) is 11.3 Å². The van der Waals surface area contributed by atoms with Gasteiger partial charge in [0.25, 0.3) is 0 Å². The third-order valence-corrected chi connectivity index (χ3v) is 1.41. The fourth-order valence-electron chi connectivity index (χ4n) is 0.821. The Morgan fingerprint density at radius 3 is 2.77 bits per heavy atom. The molecule has 0 spiro atoms. The number of nitrogens with zero attached hydrogens (tertiary/aromatic N) is 2. The van der Waals surface area contributed by atoms with Crippen molar-refractivity contribution in [3.63, 3.8) is 0 Å². The van der Waals surface area contributed by atoms with Crippen LogP contribution in [0.5, 0.6) is 0 Å². The Labute approximate surface area is 81.5 Å². The van der Waals surface area contributed by atoms with Crippen LogP contribution in [0.3, 0.4) is 0 Å². The number of aliphatic imine (C=N–C) groups is 1. The Kier molecular flexibility index (Phi) is 3.42. The number of rotatable bonds is 1. The molecule has 0 aliphatic carbocycles. The summed E-state index contributed by atoms with van der Waals surface area (Å²) in [6.07, 6.45) is 0. The molecule has 0 amide bonds. The smallest absolute Gasteiger partial charge is 0.152 e. The lowest BCUT2D eigenvalue weighted by Crippen LogP contribution is -1.74. The van der Waals surface area contributed by atoms with Crippen molar-refractivity contribution in [1.29, 1.82) is 5.26 Å². The van der Waals surface area contributed by atoms with Crippen LogP contribution < -0.4 is 0 Å². The molecular formula is C10H4N2S. The van der Waals surface area contributed by atoms with Gasteiger partial charge in [0.05, 0.1) is 16.4 Å². The molecule has 0 radical (unpaired) electrons. The third kappa shape index (κ3) is 2.54. The molecule has 0 unspecified atom stereocenters. The lowest BCUT2D eigenvalue weighted by atomic mass is 10.2. The summed E-state index contributed by atoms with van der Waals surface area (Å²) < 4.78 is 0. The molecule has 0 saturated heterocycles. The van der Waals surface area contributed by atoms with E-state index in [0.717, 1.165) is 0 Å². The van der Waals surface area contributed by atoms with E-state index >= 15 is 0 Å². The molecule has 60 valence electrons. The zero-order valence-electron chi connectivity index (χ0n) is 6.61. The van der Waals surface area contributed by atoms with E-state index in [2.05, 4.69) is 34.2 Å². The first-order chi connectivity index (χ1) is 6.38. The first kappa shape index (κ1) is 9.16. The summed E-state index contributed by atoms with van der Waals surface area (Å²) in [5, 5.41) is 10.5. The number of para-hydroxylation sites is 1. The van der Waals surface area contributed by atoms with Gasteiger partial charge >= 0.3 is 0 Å². The average Bonchev–Trinajstić information content (AvgIpc) is 2.17. The summed E-state index contributed by atoms with van der Waals surface area (Å²) in [7, 11) is 0. The monoisotopic (exact) mass is 184 g/mol. The summed E-state index contributed by atoms with van der Waals surface area (Å²) in [5.74, 6) is 4.95. The van der Waals surface area contributed by atoms with Gasteiger partial charge in [-0.3, -0.25) is 0 Å². The van der Waals surface area contributed by atoms with Crippen molar-refractivity contribution in [3.8, 4) is 17.9 Å². The normalized spacial score (nSPS) is 7.31. The zero-order chi connectivity index (χ0) is 9.52. The van der Waals surface area contributed by atoms with Crippen LogP contribution in [-0.2, 0) is 0 Å². The van der Waals surface area contributed by atoms with Crippen LogP contribution in [0.25, 0.3) is 0 Å². The van der Waals surface area contributed by atoms with Crippen molar-refractivity contribution >= 4 is 23.1 Å². The first-order valence-corrected chi connectivity index (χ1v) is 3.86. The second-order valence-corrected chi connectivity index (χ2v) is 2.26. The van der Waals surface area contributed by atoms with Crippen molar-refractivity contribution < 1.29 is 0 Å². The van der Waals surface area contributed by atoms with Crippen LogP contribution >= 0.6 is 12.2 Å². The highest BCUT2D eigenvalue weighted by atomic mass is 32.1. The van der Waals surface area contributed by atoms with E-state index in [4.69, 9.17) is 5.26 Å². The molecule has 3 heteroatoms.